The Morgan fingerprint density at radius 1 is 1.26 bits per heavy atom. The number of rotatable bonds is 4. The number of hydrogen-bond acceptors (Lipinski definition) is 4. The van der Waals surface area contributed by atoms with Crippen LogP contribution in [0, 0.1) is 0 Å². The van der Waals surface area contributed by atoms with E-state index in [4.69, 9.17) is 11.5 Å². The highest BCUT2D eigenvalue weighted by molar-refractivity contribution is 5.92. The molecule has 0 radical (unpaired) electrons. The maximum atomic E-state index is 11.4. The maximum Gasteiger partial charge on any atom is 0.248 e. The number of nitrogens with zero attached hydrogens (tertiary/aromatic N) is 1. The van der Waals surface area contributed by atoms with Crippen molar-refractivity contribution in [1.29, 1.82) is 0 Å². The zero-order valence-corrected chi connectivity index (χ0v) is 10.6. The van der Waals surface area contributed by atoms with Gasteiger partial charge in [0.2, 0.25) is 11.8 Å². The summed E-state index contributed by atoms with van der Waals surface area (Å²) in [5, 5.41) is 3.15. The number of piperazine rings is 1. The highest BCUT2D eigenvalue weighted by Crippen LogP contribution is 2.11. The Morgan fingerprint density at radius 3 is 2.53 bits per heavy atom. The average molecular weight is 262 g/mol. The molecule has 6 nitrogen and oxygen atoms in total. The van der Waals surface area contributed by atoms with Gasteiger partial charge in [-0.25, -0.2) is 0 Å². The van der Waals surface area contributed by atoms with Crippen molar-refractivity contribution in [3.05, 3.63) is 35.4 Å². The second-order valence-electron chi connectivity index (χ2n) is 4.65. The van der Waals surface area contributed by atoms with Gasteiger partial charge in [0.1, 0.15) is 6.04 Å². The highest BCUT2D eigenvalue weighted by atomic mass is 16.1. The van der Waals surface area contributed by atoms with E-state index < -0.39 is 5.91 Å². The lowest BCUT2D eigenvalue weighted by atomic mass is 10.1. The van der Waals surface area contributed by atoms with Crippen LogP contribution >= 0.6 is 0 Å². The second-order valence-corrected chi connectivity index (χ2v) is 4.65. The summed E-state index contributed by atoms with van der Waals surface area (Å²) >= 11 is 0. The second kappa shape index (κ2) is 5.81. The number of carbonyl (C=O) groups is 2. The number of primary amides is 2. The molecule has 0 saturated carbocycles. The van der Waals surface area contributed by atoms with E-state index in [1.807, 2.05) is 17.0 Å². The molecular weight excluding hydrogens is 244 g/mol. The normalized spacial score (nSPS) is 20.1. The molecule has 6 heteroatoms. The van der Waals surface area contributed by atoms with E-state index in [-0.39, 0.29) is 11.9 Å². The van der Waals surface area contributed by atoms with Gasteiger partial charge in [0.15, 0.2) is 0 Å². The Hall–Kier alpha value is -1.92. The lowest BCUT2D eigenvalue weighted by Crippen LogP contribution is -2.56. The molecule has 1 saturated heterocycles. The SMILES string of the molecule is NC(=O)c1ccc(CN2CCNCC2C(N)=O)cc1. The van der Waals surface area contributed by atoms with Gasteiger partial charge >= 0.3 is 0 Å². The minimum absolute atomic E-state index is 0.287. The van der Waals surface area contributed by atoms with Gasteiger partial charge in [0, 0.05) is 31.7 Å². The van der Waals surface area contributed by atoms with Gasteiger partial charge in [-0.2, -0.15) is 0 Å². The standard InChI is InChI=1S/C13H18N4O2/c14-12(18)10-3-1-9(2-4-10)8-17-6-5-16-7-11(17)13(15)19/h1-4,11,16H,5-8H2,(H2,14,18)(H2,15,19). The van der Waals surface area contributed by atoms with Gasteiger partial charge in [-0.3, -0.25) is 14.5 Å². The predicted molar refractivity (Wildman–Crippen MR) is 71.2 cm³/mol. The fraction of sp³-hybridized carbons (Fsp3) is 0.385. The summed E-state index contributed by atoms with van der Waals surface area (Å²) in [6.07, 6.45) is 0. The number of nitrogens with two attached hydrogens (primary N) is 2. The van der Waals surface area contributed by atoms with Crippen molar-refractivity contribution in [3.8, 4) is 0 Å². The van der Waals surface area contributed by atoms with Crippen molar-refractivity contribution in [3.63, 3.8) is 0 Å². The first-order valence-electron chi connectivity index (χ1n) is 6.21. The molecule has 0 bridgehead atoms. The predicted octanol–water partition coefficient (Wildman–Crippen LogP) is -0.955. The van der Waals surface area contributed by atoms with Crippen molar-refractivity contribution in [2.24, 2.45) is 11.5 Å². The van der Waals surface area contributed by atoms with Gasteiger partial charge in [-0.15, -0.1) is 0 Å². The van der Waals surface area contributed by atoms with E-state index in [1.165, 1.54) is 0 Å². The molecular formula is C13H18N4O2. The molecule has 5 N–H and O–H groups in total. The first-order valence-corrected chi connectivity index (χ1v) is 6.21. The summed E-state index contributed by atoms with van der Waals surface area (Å²) in [5.74, 6) is -0.760. The molecule has 2 rings (SSSR count). The van der Waals surface area contributed by atoms with Crippen molar-refractivity contribution in [2.75, 3.05) is 19.6 Å². The van der Waals surface area contributed by atoms with Crippen molar-refractivity contribution >= 4 is 11.8 Å². The molecule has 0 aliphatic carbocycles. The molecule has 0 aromatic heterocycles. The van der Waals surface area contributed by atoms with E-state index in [0.717, 1.165) is 18.7 Å². The fourth-order valence-corrected chi connectivity index (χ4v) is 2.23. The summed E-state index contributed by atoms with van der Waals surface area (Å²) in [4.78, 5) is 24.4. The number of nitrogens with one attached hydrogen (secondary N) is 1. The largest absolute Gasteiger partial charge is 0.368 e. The molecule has 1 aromatic rings. The third-order valence-corrected chi connectivity index (χ3v) is 3.31. The lowest BCUT2D eigenvalue weighted by molar-refractivity contribution is -0.124. The van der Waals surface area contributed by atoms with Gasteiger partial charge in [-0.1, -0.05) is 12.1 Å². The van der Waals surface area contributed by atoms with E-state index in [9.17, 15) is 9.59 Å². The van der Waals surface area contributed by atoms with E-state index in [0.29, 0.717) is 18.7 Å². The van der Waals surface area contributed by atoms with Gasteiger partial charge in [-0.05, 0) is 17.7 Å². The van der Waals surface area contributed by atoms with Crippen LogP contribution in [0.15, 0.2) is 24.3 Å². The van der Waals surface area contributed by atoms with Crippen LogP contribution in [-0.4, -0.2) is 42.4 Å². The van der Waals surface area contributed by atoms with Crippen molar-refractivity contribution < 1.29 is 9.59 Å². The van der Waals surface area contributed by atoms with Gasteiger partial charge < -0.3 is 16.8 Å². The Bertz CT molecular complexity index is 472. The molecule has 1 atom stereocenters. The quantitative estimate of drug-likeness (QED) is 0.650. The van der Waals surface area contributed by atoms with Crippen molar-refractivity contribution in [2.45, 2.75) is 12.6 Å². The number of hydrogen-bond donors (Lipinski definition) is 3. The zero-order valence-electron chi connectivity index (χ0n) is 10.6. The summed E-state index contributed by atoms with van der Waals surface area (Å²) in [7, 11) is 0. The van der Waals surface area contributed by atoms with Crippen LogP contribution in [0.25, 0.3) is 0 Å². The number of carbonyl (C=O) groups excluding carboxylic acids is 2. The van der Waals surface area contributed by atoms with E-state index in [2.05, 4.69) is 5.32 Å². The van der Waals surface area contributed by atoms with Crippen LogP contribution in [-0.2, 0) is 11.3 Å². The number of amides is 2. The van der Waals surface area contributed by atoms with E-state index in [1.54, 1.807) is 12.1 Å². The van der Waals surface area contributed by atoms with Crippen LogP contribution in [0.4, 0.5) is 0 Å². The third kappa shape index (κ3) is 3.30. The Labute approximate surface area is 111 Å². The Kier molecular flexibility index (Phi) is 4.13. The minimum Gasteiger partial charge on any atom is -0.368 e. The van der Waals surface area contributed by atoms with Crippen LogP contribution < -0.4 is 16.8 Å². The van der Waals surface area contributed by atoms with E-state index >= 15 is 0 Å². The average Bonchev–Trinajstić information content (AvgIpc) is 2.39. The number of benzene rings is 1. The maximum absolute atomic E-state index is 11.4. The Morgan fingerprint density at radius 2 is 1.95 bits per heavy atom. The van der Waals surface area contributed by atoms with Crippen LogP contribution in [0.5, 0.6) is 0 Å². The summed E-state index contributed by atoms with van der Waals surface area (Å²) in [6.45, 7) is 2.82. The van der Waals surface area contributed by atoms with Crippen LogP contribution in [0.1, 0.15) is 15.9 Å². The molecule has 19 heavy (non-hydrogen) atoms. The fourth-order valence-electron chi connectivity index (χ4n) is 2.23. The van der Waals surface area contributed by atoms with Crippen LogP contribution in [0.3, 0.4) is 0 Å². The molecule has 1 unspecified atom stereocenters. The monoisotopic (exact) mass is 262 g/mol. The molecule has 2 amide bonds. The Balaban J connectivity index is 2.06. The topological polar surface area (TPSA) is 101 Å². The minimum atomic E-state index is -0.441. The summed E-state index contributed by atoms with van der Waals surface area (Å²) < 4.78 is 0. The molecule has 1 aliphatic rings. The zero-order chi connectivity index (χ0) is 13.8. The molecule has 1 aliphatic heterocycles. The molecule has 102 valence electrons. The van der Waals surface area contributed by atoms with Gasteiger partial charge in [0.25, 0.3) is 0 Å². The molecule has 1 fully saturated rings. The van der Waals surface area contributed by atoms with Gasteiger partial charge in [0.05, 0.1) is 0 Å². The first kappa shape index (κ1) is 13.5. The first-order chi connectivity index (χ1) is 9.08. The summed E-state index contributed by atoms with van der Waals surface area (Å²) in [6, 6.07) is 6.79. The van der Waals surface area contributed by atoms with Crippen molar-refractivity contribution in [1.82, 2.24) is 10.2 Å². The highest BCUT2D eigenvalue weighted by Gasteiger charge is 2.26. The molecule has 1 heterocycles. The smallest absolute Gasteiger partial charge is 0.248 e. The molecule has 1 aromatic carbocycles. The summed E-state index contributed by atoms with van der Waals surface area (Å²) in [5.41, 5.74) is 12.1. The lowest BCUT2D eigenvalue weighted by Gasteiger charge is -2.34. The molecule has 0 spiro atoms. The van der Waals surface area contributed by atoms with Crippen LogP contribution in [0.2, 0.25) is 0 Å². The third-order valence-electron chi connectivity index (χ3n) is 3.31.